The van der Waals surface area contributed by atoms with Crippen LogP contribution >= 0.6 is 0 Å². The van der Waals surface area contributed by atoms with E-state index >= 15 is 0 Å². The van der Waals surface area contributed by atoms with E-state index in [4.69, 9.17) is 4.74 Å². The van der Waals surface area contributed by atoms with Gasteiger partial charge in [0.25, 0.3) is 5.91 Å². The van der Waals surface area contributed by atoms with Crippen molar-refractivity contribution < 1.29 is 22.3 Å². The van der Waals surface area contributed by atoms with Gasteiger partial charge in [-0.1, -0.05) is 30.7 Å². The van der Waals surface area contributed by atoms with Gasteiger partial charge in [-0.05, 0) is 42.2 Å². The quantitative estimate of drug-likeness (QED) is 0.747. The van der Waals surface area contributed by atoms with Gasteiger partial charge in [0.1, 0.15) is 10.7 Å². The molecule has 0 radical (unpaired) electrons. The van der Waals surface area contributed by atoms with Crippen molar-refractivity contribution in [2.24, 2.45) is 0 Å². The van der Waals surface area contributed by atoms with E-state index < -0.39 is 26.6 Å². The number of amides is 1. The van der Waals surface area contributed by atoms with Crippen LogP contribution in [0.25, 0.3) is 0 Å². The average Bonchev–Trinajstić information content (AvgIpc) is 2.74. The molecule has 1 amide bonds. The van der Waals surface area contributed by atoms with E-state index in [1.165, 1.54) is 10.4 Å². The van der Waals surface area contributed by atoms with E-state index in [1.807, 2.05) is 24.3 Å². The summed E-state index contributed by atoms with van der Waals surface area (Å²) < 4.78 is 46.2. The number of methoxy groups -OCH3 is 1. The molecule has 29 heavy (non-hydrogen) atoms. The Balaban J connectivity index is 1.72. The second-order valence-electron chi connectivity index (χ2n) is 7.04. The summed E-state index contributed by atoms with van der Waals surface area (Å²) in [4.78, 5) is 12.0. The van der Waals surface area contributed by atoms with Crippen molar-refractivity contribution in [1.29, 1.82) is 0 Å². The smallest absolute Gasteiger partial charge is 0.251 e. The van der Waals surface area contributed by atoms with Crippen molar-refractivity contribution in [3.8, 4) is 0 Å². The number of sulfonamides is 1. The van der Waals surface area contributed by atoms with Crippen LogP contribution in [0.15, 0.2) is 47.4 Å². The molecule has 0 bridgehead atoms. The van der Waals surface area contributed by atoms with Gasteiger partial charge in [-0.2, -0.15) is 4.31 Å². The normalized spacial score (nSPS) is 15.2. The molecule has 1 saturated heterocycles. The van der Waals surface area contributed by atoms with Crippen LogP contribution in [0.5, 0.6) is 0 Å². The molecule has 3 rings (SSSR count). The summed E-state index contributed by atoms with van der Waals surface area (Å²) in [6, 6.07) is 11.0. The molecule has 0 aromatic heterocycles. The zero-order valence-corrected chi connectivity index (χ0v) is 17.2. The fraction of sp³-hybridized carbons (Fsp3) is 0.381. The molecular weight excluding hydrogens is 395 g/mol. The van der Waals surface area contributed by atoms with Gasteiger partial charge >= 0.3 is 0 Å². The highest BCUT2D eigenvalue weighted by Crippen LogP contribution is 2.24. The van der Waals surface area contributed by atoms with E-state index in [9.17, 15) is 17.6 Å². The maximum Gasteiger partial charge on any atom is 0.251 e. The van der Waals surface area contributed by atoms with Crippen molar-refractivity contribution >= 4 is 15.9 Å². The van der Waals surface area contributed by atoms with Gasteiger partial charge in [0.2, 0.25) is 10.0 Å². The molecule has 8 heteroatoms. The van der Waals surface area contributed by atoms with Gasteiger partial charge in [-0.3, -0.25) is 4.79 Å². The number of benzene rings is 2. The van der Waals surface area contributed by atoms with Crippen molar-refractivity contribution in [1.82, 2.24) is 9.62 Å². The third-order valence-corrected chi connectivity index (χ3v) is 6.83. The second-order valence-corrected chi connectivity index (χ2v) is 8.95. The van der Waals surface area contributed by atoms with E-state index in [-0.39, 0.29) is 12.1 Å². The van der Waals surface area contributed by atoms with Gasteiger partial charge in [0, 0.05) is 32.3 Å². The summed E-state index contributed by atoms with van der Waals surface area (Å²) in [5.74, 6) is -1.30. The Morgan fingerprint density at radius 2 is 1.72 bits per heavy atom. The van der Waals surface area contributed by atoms with Crippen molar-refractivity contribution in [2.75, 3.05) is 20.2 Å². The number of hydrogen-bond donors (Lipinski definition) is 1. The summed E-state index contributed by atoms with van der Waals surface area (Å²) in [5.41, 5.74) is 2.02. The number of piperidine rings is 1. The minimum absolute atomic E-state index is 0.109. The SMILES string of the molecule is COCc1ccc(CNC(=O)c2ccc(F)c(S(=O)(=O)N3CCCCC3)c2)cc1. The van der Waals surface area contributed by atoms with Crippen LogP contribution in [-0.2, 0) is 27.9 Å². The van der Waals surface area contributed by atoms with Crippen molar-refractivity contribution in [3.63, 3.8) is 0 Å². The van der Waals surface area contributed by atoms with Crippen LogP contribution in [0.3, 0.4) is 0 Å². The first-order valence-electron chi connectivity index (χ1n) is 9.56. The zero-order chi connectivity index (χ0) is 20.9. The fourth-order valence-corrected chi connectivity index (χ4v) is 4.90. The summed E-state index contributed by atoms with van der Waals surface area (Å²) in [6.07, 6.45) is 2.47. The largest absolute Gasteiger partial charge is 0.380 e. The summed E-state index contributed by atoms with van der Waals surface area (Å²) in [5, 5.41) is 2.74. The molecule has 0 atom stereocenters. The summed E-state index contributed by atoms with van der Waals surface area (Å²) in [7, 11) is -2.34. The molecule has 156 valence electrons. The van der Waals surface area contributed by atoms with Gasteiger partial charge in [-0.15, -0.1) is 0 Å². The molecule has 1 heterocycles. The Morgan fingerprint density at radius 3 is 2.38 bits per heavy atom. The highest BCUT2D eigenvalue weighted by Gasteiger charge is 2.29. The lowest BCUT2D eigenvalue weighted by atomic mass is 10.1. The maximum absolute atomic E-state index is 14.3. The number of hydrogen-bond acceptors (Lipinski definition) is 4. The highest BCUT2D eigenvalue weighted by atomic mass is 32.2. The third-order valence-electron chi connectivity index (χ3n) is 4.91. The van der Waals surface area contributed by atoms with Gasteiger partial charge in [-0.25, -0.2) is 12.8 Å². The monoisotopic (exact) mass is 420 g/mol. The highest BCUT2D eigenvalue weighted by molar-refractivity contribution is 7.89. The molecule has 1 aliphatic rings. The lowest BCUT2D eigenvalue weighted by Gasteiger charge is -2.26. The minimum Gasteiger partial charge on any atom is -0.380 e. The van der Waals surface area contributed by atoms with Gasteiger partial charge in [0.05, 0.1) is 6.61 Å². The molecule has 0 saturated carbocycles. The van der Waals surface area contributed by atoms with Crippen LogP contribution in [0, 0.1) is 5.82 Å². The second kappa shape index (κ2) is 9.47. The Bertz CT molecular complexity index is 955. The predicted octanol–water partition coefficient (Wildman–Crippen LogP) is 3.08. The van der Waals surface area contributed by atoms with Crippen LogP contribution in [0.1, 0.15) is 40.7 Å². The molecule has 6 nitrogen and oxygen atoms in total. The lowest BCUT2D eigenvalue weighted by Crippen LogP contribution is -2.36. The first-order chi connectivity index (χ1) is 13.9. The fourth-order valence-electron chi connectivity index (χ4n) is 3.29. The van der Waals surface area contributed by atoms with E-state index in [0.717, 1.165) is 42.5 Å². The van der Waals surface area contributed by atoms with Crippen LogP contribution in [0.2, 0.25) is 0 Å². The lowest BCUT2D eigenvalue weighted by molar-refractivity contribution is 0.0950. The Kier molecular flexibility index (Phi) is 7.00. The molecular formula is C21H25FN2O4S. The van der Waals surface area contributed by atoms with E-state index in [2.05, 4.69) is 5.32 Å². The molecule has 0 aliphatic carbocycles. The van der Waals surface area contributed by atoms with Crippen LogP contribution in [-0.4, -0.2) is 38.8 Å². The molecule has 1 fully saturated rings. The third kappa shape index (κ3) is 5.20. The maximum atomic E-state index is 14.3. The number of halogens is 1. The van der Waals surface area contributed by atoms with Crippen molar-refractivity contribution in [2.45, 2.75) is 37.3 Å². The van der Waals surface area contributed by atoms with Gasteiger partial charge < -0.3 is 10.1 Å². The molecule has 0 spiro atoms. The zero-order valence-electron chi connectivity index (χ0n) is 16.4. The number of carbonyl (C=O) groups excluding carboxylic acids is 1. The first-order valence-corrected chi connectivity index (χ1v) is 11.0. The summed E-state index contributed by atoms with van der Waals surface area (Å²) >= 11 is 0. The van der Waals surface area contributed by atoms with Gasteiger partial charge in [0.15, 0.2) is 0 Å². The number of nitrogens with zero attached hydrogens (tertiary/aromatic N) is 1. The Labute approximate surface area is 170 Å². The standard InChI is InChI=1S/C21H25FN2O4S/c1-28-15-17-7-5-16(6-8-17)14-23-21(25)18-9-10-19(22)20(13-18)29(26,27)24-11-3-2-4-12-24/h5-10,13H,2-4,11-12,14-15H2,1H3,(H,23,25). The topological polar surface area (TPSA) is 75.7 Å². The van der Waals surface area contributed by atoms with Crippen molar-refractivity contribution in [3.05, 3.63) is 65.0 Å². The average molecular weight is 421 g/mol. The summed E-state index contributed by atoms with van der Waals surface area (Å²) in [6.45, 7) is 1.53. The Morgan fingerprint density at radius 1 is 1.07 bits per heavy atom. The molecule has 2 aromatic rings. The first kappa shape index (κ1) is 21.4. The number of rotatable bonds is 7. The molecule has 2 aromatic carbocycles. The van der Waals surface area contributed by atoms with Crippen LogP contribution in [0.4, 0.5) is 4.39 Å². The van der Waals surface area contributed by atoms with E-state index in [0.29, 0.717) is 19.7 Å². The van der Waals surface area contributed by atoms with Crippen LogP contribution < -0.4 is 5.32 Å². The minimum atomic E-state index is -3.96. The molecule has 1 aliphatic heterocycles. The number of carbonyl (C=O) groups is 1. The number of nitrogens with one attached hydrogen (secondary N) is 1. The molecule has 1 N–H and O–H groups in total. The number of ether oxygens (including phenoxy) is 1. The molecule has 0 unspecified atom stereocenters. The van der Waals surface area contributed by atoms with E-state index in [1.54, 1.807) is 7.11 Å². The predicted molar refractivity (Wildman–Crippen MR) is 107 cm³/mol. The Hall–Kier alpha value is -2.29.